The molecule has 4 heteroatoms. The summed E-state index contributed by atoms with van der Waals surface area (Å²) >= 11 is 0. The lowest BCUT2D eigenvalue weighted by atomic mass is 9.85. The van der Waals surface area contributed by atoms with Crippen molar-refractivity contribution in [3.63, 3.8) is 0 Å². The molecule has 1 unspecified atom stereocenters. The van der Waals surface area contributed by atoms with Gasteiger partial charge in [0.1, 0.15) is 0 Å². The summed E-state index contributed by atoms with van der Waals surface area (Å²) in [6.07, 6.45) is -0.987. The van der Waals surface area contributed by atoms with Crippen LogP contribution in [0.3, 0.4) is 0 Å². The maximum atomic E-state index is 10.3. The van der Waals surface area contributed by atoms with Crippen LogP contribution >= 0.6 is 0 Å². The standard InChI is InChI=1S/C12H25NO3/c1-8(2)11(9(3)4)7-13-6-10(14)5-12(15)16/h8-11,13-14H,5-7H2,1-4H3,(H,15,16). The molecule has 0 aromatic heterocycles. The zero-order chi connectivity index (χ0) is 12.7. The molecule has 0 aliphatic rings. The Morgan fingerprint density at radius 3 is 2.00 bits per heavy atom. The average molecular weight is 231 g/mol. The van der Waals surface area contributed by atoms with Crippen LogP contribution in [0.25, 0.3) is 0 Å². The average Bonchev–Trinajstić information content (AvgIpc) is 2.09. The summed E-state index contributed by atoms with van der Waals surface area (Å²) in [7, 11) is 0. The highest BCUT2D eigenvalue weighted by Crippen LogP contribution is 2.19. The summed E-state index contributed by atoms with van der Waals surface area (Å²) in [5.74, 6) is 0.767. The number of hydrogen-bond donors (Lipinski definition) is 3. The molecule has 0 heterocycles. The quantitative estimate of drug-likeness (QED) is 0.589. The molecule has 0 aliphatic carbocycles. The fraction of sp³-hybridized carbons (Fsp3) is 0.917. The first-order chi connectivity index (χ1) is 7.34. The molecule has 0 radical (unpaired) electrons. The highest BCUT2D eigenvalue weighted by atomic mass is 16.4. The van der Waals surface area contributed by atoms with Crippen molar-refractivity contribution < 1.29 is 15.0 Å². The van der Waals surface area contributed by atoms with Crippen LogP contribution < -0.4 is 5.32 Å². The Kier molecular flexibility index (Phi) is 7.34. The third-order valence-electron chi connectivity index (χ3n) is 2.88. The van der Waals surface area contributed by atoms with Gasteiger partial charge in [-0.3, -0.25) is 4.79 Å². The van der Waals surface area contributed by atoms with Crippen molar-refractivity contribution in [1.29, 1.82) is 0 Å². The second-order valence-electron chi connectivity index (χ2n) is 5.06. The molecule has 0 saturated heterocycles. The summed E-state index contributed by atoms with van der Waals surface area (Å²) in [5.41, 5.74) is 0. The van der Waals surface area contributed by atoms with Crippen LogP contribution in [-0.2, 0) is 4.79 Å². The SMILES string of the molecule is CC(C)C(CNCC(O)CC(=O)O)C(C)C. The van der Waals surface area contributed by atoms with Gasteiger partial charge in [-0.2, -0.15) is 0 Å². The third kappa shape index (κ3) is 6.80. The molecule has 0 saturated carbocycles. The molecule has 0 aromatic carbocycles. The Bertz CT molecular complexity index is 196. The zero-order valence-corrected chi connectivity index (χ0v) is 10.7. The van der Waals surface area contributed by atoms with E-state index in [4.69, 9.17) is 5.11 Å². The lowest BCUT2D eigenvalue weighted by Crippen LogP contribution is -2.35. The predicted molar refractivity (Wildman–Crippen MR) is 64.3 cm³/mol. The second kappa shape index (κ2) is 7.63. The number of carboxylic acids is 1. The van der Waals surface area contributed by atoms with Crippen molar-refractivity contribution in [2.24, 2.45) is 17.8 Å². The van der Waals surface area contributed by atoms with Gasteiger partial charge >= 0.3 is 5.97 Å². The summed E-state index contributed by atoms with van der Waals surface area (Å²) in [6.45, 7) is 9.90. The minimum atomic E-state index is -0.960. The van der Waals surface area contributed by atoms with E-state index < -0.39 is 12.1 Å². The first kappa shape index (κ1) is 15.4. The van der Waals surface area contributed by atoms with Crippen LogP contribution in [-0.4, -0.2) is 35.4 Å². The molecule has 16 heavy (non-hydrogen) atoms. The molecule has 0 spiro atoms. The first-order valence-corrected chi connectivity index (χ1v) is 5.95. The Morgan fingerprint density at radius 2 is 1.62 bits per heavy atom. The van der Waals surface area contributed by atoms with Gasteiger partial charge in [0.15, 0.2) is 0 Å². The number of aliphatic hydroxyl groups is 1. The molecule has 0 rings (SSSR count). The van der Waals surface area contributed by atoms with E-state index in [0.717, 1.165) is 6.54 Å². The van der Waals surface area contributed by atoms with Crippen LogP contribution in [0.1, 0.15) is 34.1 Å². The number of aliphatic carboxylic acids is 1. The maximum Gasteiger partial charge on any atom is 0.306 e. The number of nitrogens with one attached hydrogen (secondary N) is 1. The lowest BCUT2D eigenvalue weighted by Gasteiger charge is -2.25. The largest absolute Gasteiger partial charge is 0.481 e. The van der Waals surface area contributed by atoms with Gasteiger partial charge in [0, 0.05) is 6.54 Å². The van der Waals surface area contributed by atoms with E-state index in [2.05, 4.69) is 33.0 Å². The summed E-state index contributed by atoms with van der Waals surface area (Å²) in [5, 5.41) is 21.0. The van der Waals surface area contributed by atoms with Gasteiger partial charge in [-0.05, 0) is 24.3 Å². The molecule has 4 nitrogen and oxygen atoms in total. The summed E-state index contributed by atoms with van der Waals surface area (Å²) in [4.78, 5) is 10.3. The van der Waals surface area contributed by atoms with E-state index in [9.17, 15) is 9.90 Å². The van der Waals surface area contributed by atoms with Crippen molar-refractivity contribution in [1.82, 2.24) is 5.32 Å². The number of aliphatic hydroxyl groups excluding tert-OH is 1. The van der Waals surface area contributed by atoms with Crippen LogP contribution in [0.5, 0.6) is 0 Å². The van der Waals surface area contributed by atoms with Gasteiger partial charge in [0.2, 0.25) is 0 Å². The minimum absolute atomic E-state index is 0.193. The van der Waals surface area contributed by atoms with Gasteiger partial charge in [-0.15, -0.1) is 0 Å². The number of hydrogen-bond acceptors (Lipinski definition) is 3. The Labute approximate surface area is 98.1 Å². The second-order valence-corrected chi connectivity index (χ2v) is 5.06. The van der Waals surface area contributed by atoms with E-state index in [1.54, 1.807) is 0 Å². The molecule has 96 valence electrons. The minimum Gasteiger partial charge on any atom is -0.481 e. The molecular formula is C12H25NO3. The summed E-state index contributed by atoms with van der Waals surface area (Å²) < 4.78 is 0. The van der Waals surface area contributed by atoms with E-state index in [1.807, 2.05) is 0 Å². The van der Waals surface area contributed by atoms with E-state index >= 15 is 0 Å². The Morgan fingerprint density at radius 1 is 1.12 bits per heavy atom. The molecule has 3 N–H and O–H groups in total. The molecule has 0 amide bonds. The van der Waals surface area contributed by atoms with Crippen molar-refractivity contribution in [3.8, 4) is 0 Å². The third-order valence-corrected chi connectivity index (χ3v) is 2.88. The number of rotatable bonds is 8. The van der Waals surface area contributed by atoms with E-state index in [0.29, 0.717) is 24.3 Å². The van der Waals surface area contributed by atoms with Crippen molar-refractivity contribution >= 4 is 5.97 Å². The number of carbonyl (C=O) groups is 1. The van der Waals surface area contributed by atoms with Crippen LogP contribution in [0, 0.1) is 17.8 Å². The normalized spacial score (nSPS) is 13.8. The monoisotopic (exact) mass is 231 g/mol. The summed E-state index contributed by atoms with van der Waals surface area (Å²) in [6, 6.07) is 0. The molecule has 0 aliphatic heterocycles. The lowest BCUT2D eigenvalue weighted by molar-refractivity contribution is -0.139. The smallest absolute Gasteiger partial charge is 0.306 e. The topological polar surface area (TPSA) is 69.6 Å². The molecule has 0 bridgehead atoms. The van der Waals surface area contributed by atoms with Gasteiger partial charge in [-0.1, -0.05) is 27.7 Å². The molecule has 1 atom stereocenters. The first-order valence-electron chi connectivity index (χ1n) is 5.95. The predicted octanol–water partition coefficient (Wildman–Crippen LogP) is 1.34. The molecule has 0 aromatic rings. The van der Waals surface area contributed by atoms with Crippen molar-refractivity contribution in [3.05, 3.63) is 0 Å². The van der Waals surface area contributed by atoms with Crippen LogP contribution in [0.4, 0.5) is 0 Å². The molecular weight excluding hydrogens is 206 g/mol. The zero-order valence-electron chi connectivity index (χ0n) is 10.7. The fourth-order valence-electron chi connectivity index (χ4n) is 1.93. The maximum absolute atomic E-state index is 10.3. The molecule has 0 fully saturated rings. The Hall–Kier alpha value is -0.610. The van der Waals surface area contributed by atoms with E-state index in [-0.39, 0.29) is 6.42 Å². The van der Waals surface area contributed by atoms with Crippen molar-refractivity contribution in [2.45, 2.75) is 40.2 Å². The highest BCUT2D eigenvalue weighted by molar-refractivity contribution is 5.67. The van der Waals surface area contributed by atoms with Gasteiger partial charge in [-0.25, -0.2) is 0 Å². The fourth-order valence-corrected chi connectivity index (χ4v) is 1.93. The van der Waals surface area contributed by atoms with Crippen LogP contribution in [0.2, 0.25) is 0 Å². The van der Waals surface area contributed by atoms with Crippen molar-refractivity contribution in [2.75, 3.05) is 13.1 Å². The van der Waals surface area contributed by atoms with Crippen LogP contribution in [0.15, 0.2) is 0 Å². The van der Waals surface area contributed by atoms with Gasteiger partial charge in [0.25, 0.3) is 0 Å². The highest BCUT2D eigenvalue weighted by Gasteiger charge is 2.17. The van der Waals surface area contributed by atoms with E-state index in [1.165, 1.54) is 0 Å². The Balaban J connectivity index is 3.82. The van der Waals surface area contributed by atoms with Gasteiger partial charge < -0.3 is 15.5 Å². The van der Waals surface area contributed by atoms with Gasteiger partial charge in [0.05, 0.1) is 12.5 Å². The number of carboxylic acid groups (broad SMARTS) is 1.